The standard InChI is InChI=1S/C13H22N2OS/c1-5-16-13(3,4)12-15-9(2)11(17-12)8-14-10-6-7-10/h10,14H,5-8H2,1-4H3. The Morgan fingerprint density at radius 1 is 1.47 bits per heavy atom. The molecule has 17 heavy (non-hydrogen) atoms. The number of nitrogens with zero attached hydrogens (tertiary/aromatic N) is 1. The van der Waals surface area contributed by atoms with Crippen molar-refractivity contribution in [2.45, 2.75) is 58.7 Å². The highest BCUT2D eigenvalue weighted by Gasteiger charge is 2.26. The first-order valence-electron chi connectivity index (χ1n) is 6.37. The molecule has 0 saturated heterocycles. The number of hydrogen-bond acceptors (Lipinski definition) is 4. The Labute approximate surface area is 108 Å². The summed E-state index contributed by atoms with van der Waals surface area (Å²) in [5, 5.41) is 4.63. The van der Waals surface area contributed by atoms with E-state index >= 15 is 0 Å². The van der Waals surface area contributed by atoms with Crippen LogP contribution in [-0.4, -0.2) is 17.6 Å². The lowest BCUT2D eigenvalue weighted by Gasteiger charge is -2.21. The van der Waals surface area contributed by atoms with Crippen LogP contribution in [0.25, 0.3) is 0 Å². The zero-order valence-electron chi connectivity index (χ0n) is 11.2. The Morgan fingerprint density at radius 3 is 2.76 bits per heavy atom. The molecule has 1 aromatic rings. The molecule has 96 valence electrons. The number of ether oxygens (including phenoxy) is 1. The van der Waals surface area contributed by atoms with E-state index in [-0.39, 0.29) is 5.60 Å². The van der Waals surface area contributed by atoms with Crippen LogP contribution in [-0.2, 0) is 16.9 Å². The van der Waals surface area contributed by atoms with E-state index in [1.54, 1.807) is 11.3 Å². The lowest BCUT2D eigenvalue weighted by Crippen LogP contribution is -2.21. The second-order valence-electron chi connectivity index (χ2n) is 5.13. The molecule has 1 heterocycles. The van der Waals surface area contributed by atoms with Gasteiger partial charge < -0.3 is 10.1 Å². The topological polar surface area (TPSA) is 34.1 Å². The van der Waals surface area contributed by atoms with Crippen LogP contribution in [0.5, 0.6) is 0 Å². The first-order valence-corrected chi connectivity index (χ1v) is 7.18. The van der Waals surface area contributed by atoms with Crippen molar-refractivity contribution in [3.63, 3.8) is 0 Å². The molecule has 0 aromatic carbocycles. The van der Waals surface area contributed by atoms with Crippen LogP contribution in [0.4, 0.5) is 0 Å². The van der Waals surface area contributed by atoms with Gasteiger partial charge in [0, 0.05) is 24.1 Å². The Bertz CT molecular complexity index is 383. The van der Waals surface area contributed by atoms with E-state index in [9.17, 15) is 0 Å². The molecule has 0 amide bonds. The van der Waals surface area contributed by atoms with Crippen LogP contribution in [0.3, 0.4) is 0 Å². The molecule has 1 aliphatic carbocycles. The molecular weight excluding hydrogens is 232 g/mol. The molecule has 0 unspecified atom stereocenters. The minimum atomic E-state index is -0.262. The molecule has 0 bridgehead atoms. The van der Waals surface area contributed by atoms with E-state index in [0.717, 1.165) is 29.9 Å². The first-order chi connectivity index (χ1) is 8.03. The van der Waals surface area contributed by atoms with Gasteiger partial charge in [0.15, 0.2) is 0 Å². The third-order valence-electron chi connectivity index (χ3n) is 3.04. The van der Waals surface area contributed by atoms with E-state index in [4.69, 9.17) is 4.74 Å². The molecule has 1 N–H and O–H groups in total. The molecule has 1 fully saturated rings. The monoisotopic (exact) mass is 254 g/mol. The fourth-order valence-electron chi connectivity index (χ4n) is 1.80. The number of hydrogen-bond donors (Lipinski definition) is 1. The highest BCUT2D eigenvalue weighted by atomic mass is 32.1. The zero-order chi connectivity index (χ0) is 12.5. The van der Waals surface area contributed by atoms with Gasteiger partial charge in [0.1, 0.15) is 10.6 Å². The van der Waals surface area contributed by atoms with Crippen molar-refractivity contribution in [2.75, 3.05) is 6.61 Å². The summed E-state index contributed by atoms with van der Waals surface area (Å²) in [6.45, 7) is 9.97. The number of aryl methyl sites for hydroxylation is 1. The van der Waals surface area contributed by atoms with E-state index < -0.39 is 0 Å². The lowest BCUT2D eigenvalue weighted by atomic mass is 10.1. The second-order valence-corrected chi connectivity index (χ2v) is 6.21. The first kappa shape index (κ1) is 13.0. The van der Waals surface area contributed by atoms with E-state index in [2.05, 4.69) is 31.1 Å². The van der Waals surface area contributed by atoms with Crippen LogP contribution >= 0.6 is 11.3 Å². The van der Waals surface area contributed by atoms with E-state index in [0.29, 0.717) is 0 Å². The van der Waals surface area contributed by atoms with Crippen LogP contribution in [0.15, 0.2) is 0 Å². The molecule has 4 heteroatoms. The van der Waals surface area contributed by atoms with Crippen molar-refractivity contribution >= 4 is 11.3 Å². The molecular formula is C13H22N2OS. The van der Waals surface area contributed by atoms with Crippen molar-refractivity contribution in [2.24, 2.45) is 0 Å². The average Bonchev–Trinajstić information content (AvgIpc) is 2.99. The summed E-state index contributed by atoms with van der Waals surface area (Å²) in [5.74, 6) is 0. The predicted octanol–water partition coefficient (Wildman–Crippen LogP) is 2.98. The summed E-state index contributed by atoms with van der Waals surface area (Å²) in [6, 6.07) is 0.750. The molecule has 0 aliphatic heterocycles. The third-order valence-corrected chi connectivity index (χ3v) is 4.50. The summed E-state index contributed by atoms with van der Waals surface area (Å²) >= 11 is 1.78. The van der Waals surface area contributed by atoms with Crippen molar-refractivity contribution < 1.29 is 4.74 Å². The van der Waals surface area contributed by atoms with Crippen LogP contribution < -0.4 is 5.32 Å². The zero-order valence-corrected chi connectivity index (χ0v) is 12.0. The number of thiazole rings is 1. The molecule has 3 nitrogen and oxygen atoms in total. The molecule has 0 spiro atoms. The van der Waals surface area contributed by atoms with Crippen molar-refractivity contribution in [1.82, 2.24) is 10.3 Å². The highest BCUT2D eigenvalue weighted by Crippen LogP contribution is 2.31. The fourth-order valence-corrected chi connectivity index (χ4v) is 2.87. The second kappa shape index (κ2) is 5.04. The lowest BCUT2D eigenvalue weighted by molar-refractivity contribution is -0.0142. The summed E-state index contributed by atoms with van der Waals surface area (Å²) < 4.78 is 5.75. The van der Waals surface area contributed by atoms with Gasteiger partial charge in [-0.1, -0.05) is 0 Å². The number of rotatable bonds is 6. The van der Waals surface area contributed by atoms with Gasteiger partial charge in [0.05, 0.1) is 5.69 Å². The van der Waals surface area contributed by atoms with Gasteiger partial charge >= 0.3 is 0 Å². The highest BCUT2D eigenvalue weighted by molar-refractivity contribution is 7.11. The molecule has 1 saturated carbocycles. The van der Waals surface area contributed by atoms with Gasteiger partial charge in [-0.3, -0.25) is 0 Å². The van der Waals surface area contributed by atoms with Gasteiger partial charge in [-0.05, 0) is 40.5 Å². The molecule has 1 aromatic heterocycles. The normalized spacial score (nSPS) is 16.5. The SMILES string of the molecule is CCOC(C)(C)c1nc(C)c(CNC2CC2)s1. The quantitative estimate of drug-likeness (QED) is 0.847. The minimum Gasteiger partial charge on any atom is -0.369 e. The Balaban J connectivity index is 2.05. The Kier molecular flexibility index (Phi) is 3.85. The predicted molar refractivity (Wildman–Crippen MR) is 71.4 cm³/mol. The van der Waals surface area contributed by atoms with Crippen molar-refractivity contribution in [1.29, 1.82) is 0 Å². The molecule has 0 atom stereocenters. The van der Waals surface area contributed by atoms with Gasteiger partial charge in [0.2, 0.25) is 0 Å². The minimum absolute atomic E-state index is 0.262. The molecule has 2 rings (SSSR count). The van der Waals surface area contributed by atoms with E-state index in [1.165, 1.54) is 17.7 Å². The van der Waals surface area contributed by atoms with Gasteiger partial charge in [0.25, 0.3) is 0 Å². The largest absolute Gasteiger partial charge is 0.369 e. The third kappa shape index (κ3) is 3.27. The summed E-state index contributed by atoms with van der Waals surface area (Å²) in [5.41, 5.74) is 0.882. The smallest absolute Gasteiger partial charge is 0.125 e. The summed E-state index contributed by atoms with van der Waals surface area (Å²) in [7, 11) is 0. The summed E-state index contributed by atoms with van der Waals surface area (Å²) in [4.78, 5) is 6.00. The summed E-state index contributed by atoms with van der Waals surface area (Å²) in [6.07, 6.45) is 2.66. The van der Waals surface area contributed by atoms with Crippen LogP contribution in [0, 0.1) is 6.92 Å². The van der Waals surface area contributed by atoms with Crippen molar-refractivity contribution in [3.8, 4) is 0 Å². The van der Waals surface area contributed by atoms with Gasteiger partial charge in [-0.15, -0.1) is 11.3 Å². The van der Waals surface area contributed by atoms with Crippen LogP contribution in [0.2, 0.25) is 0 Å². The fraction of sp³-hybridized carbons (Fsp3) is 0.769. The Hall–Kier alpha value is -0.450. The van der Waals surface area contributed by atoms with Gasteiger partial charge in [-0.2, -0.15) is 0 Å². The maximum Gasteiger partial charge on any atom is 0.125 e. The van der Waals surface area contributed by atoms with Gasteiger partial charge in [-0.25, -0.2) is 4.98 Å². The number of nitrogens with one attached hydrogen (secondary N) is 1. The maximum absolute atomic E-state index is 5.75. The molecule has 0 radical (unpaired) electrons. The Morgan fingerprint density at radius 2 is 2.18 bits per heavy atom. The van der Waals surface area contributed by atoms with Crippen LogP contribution in [0.1, 0.15) is 49.2 Å². The molecule has 1 aliphatic rings. The van der Waals surface area contributed by atoms with Crippen molar-refractivity contribution in [3.05, 3.63) is 15.6 Å². The number of aromatic nitrogens is 1. The maximum atomic E-state index is 5.75. The van der Waals surface area contributed by atoms with E-state index in [1.807, 2.05) is 6.92 Å². The average molecular weight is 254 g/mol.